The second-order valence-electron chi connectivity index (χ2n) is 4.64. The Morgan fingerprint density at radius 3 is 2.83 bits per heavy atom. The Balaban J connectivity index is 1.83. The van der Waals surface area contributed by atoms with Gasteiger partial charge < -0.3 is 14.9 Å². The van der Waals surface area contributed by atoms with Crippen LogP contribution < -0.4 is 10.1 Å². The minimum absolute atomic E-state index is 0.0466. The Kier molecular flexibility index (Phi) is 5.84. The summed E-state index contributed by atoms with van der Waals surface area (Å²) in [6, 6.07) is 12.8. The van der Waals surface area contributed by atoms with Crippen molar-refractivity contribution in [2.24, 2.45) is 5.16 Å². The largest absolute Gasteiger partial charge is 0.497 e. The number of nitrogens with one attached hydrogen (secondary N) is 1. The third-order valence-corrected chi connectivity index (χ3v) is 2.91. The van der Waals surface area contributed by atoms with Crippen LogP contribution >= 0.6 is 0 Å². The van der Waals surface area contributed by atoms with E-state index in [0.29, 0.717) is 17.0 Å². The minimum Gasteiger partial charge on any atom is -0.497 e. The first kappa shape index (κ1) is 16.9. The van der Waals surface area contributed by atoms with Gasteiger partial charge in [0.2, 0.25) is 0 Å². The zero-order valence-electron chi connectivity index (χ0n) is 12.8. The molecule has 0 aromatic heterocycles. The van der Waals surface area contributed by atoms with Crippen LogP contribution in [0.2, 0.25) is 0 Å². The first-order valence-corrected chi connectivity index (χ1v) is 6.92. The SMILES string of the molecule is COc1cccc(NC(=O)CO/N=C\c2cccc([N+](=O)[O-])c2)c1. The standard InChI is InChI=1S/C16H15N3O5/c1-23-15-7-3-5-13(9-15)18-16(20)11-24-17-10-12-4-2-6-14(8-12)19(21)22/h2-10H,11H2,1H3,(H,18,20)/b17-10-. The number of nitrogens with zero attached hydrogens (tertiary/aromatic N) is 2. The van der Waals surface area contributed by atoms with E-state index in [1.165, 1.54) is 31.5 Å². The molecule has 2 aromatic carbocycles. The third-order valence-electron chi connectivity index (χ3n) is 2.91. The predicted molar refractivity (Wildman–Crippen MR) is 88.3 cm³/mol. The Labute approximate surface area is 137 Å². The van der Waals surface area contributed by atoms with Crippen molar-refractivity contribution in [3.05, 3.63) is 64.2 Å². The highest BCUT2D eigenvalue weighted by molar-refractivity contribution is 5.91. The zero-order valence-corrected chi connectivity index (χ0v) is 12.8. The zero-order chi connectivity index (χ0) is 17.4. The van der Waals surface area contributed by atoms with Gasteiger partial charge >= 0.3 is 0 Å². The van der Waals surface area contributed by atoms with Crippen LogP contribution in [0.5, 0.6) is 5.75 Å². The molecule has 1 N–H and O–H groups in total. The lowest BCUT2D eigenvalue weighted by Crippen LogP contribution is -2.16. The molecule has 0 saturated carbocycles. The average molecular weight is 329 g/mol. The van der Waals surface area contributed by atoms with Gasteiger partial charge in [0, 0.05) is 29.4 Å². The van der Waals surface area contributed by atoms with Gasteiger partial charge in [0.1, 0.15) is 5.75 Å². The molecular weight excluding hydrogens is 314 g/mol. The number of carbonyl (C=O) groups is 1. The van der Waals surface area contributed by atoms with E-state index in [9.17, 15) is 14.9 Å². The molecule has 0 heterocycles. The monoisotopic (exact) mass is 329 g/mol. The van der Waals surface area contributed by atoms with Gasteiger partial charge in [-0.15, -0.1) is 0 Å². The number of benzene rings is 2. The number of hydrogen-bond acceptors (Lipinski definition) is 6. The van der Waals surface area contributed by atoms with E-state index >= 15 is 0 Å². The number of nitro groups is 1. The molecule has 2 rings (SSSR count). The van der Waals surface area contributed by atoms with Crippen molar-refractivity contribution < 1.29 is 19.3 Å². The minimum atomic E-state index is -0.500. The van der Waals surface area contributed by atoms with E-state index in [4.69, 9.17) is 9.57 Å². The Morgan fingerprint density at radius 2 is 2.08 bits per heavy atom. The maximum Gasteiger partial charge on any atom is 0.270 e. The van der Waals surface area contributed by atoms with E-state index in [1.807, 2.05) is 0 Å². The van der Waals surface area contributed by atoms with E-state index < -0.39 is 4.92 Å². The summed E-state index contributed by atoms with van der Waals surface area (Å²) in [6.45, 7) is -0.289. The number of methoxy groups -OCH3 is 1. The van der Waals surface area contributed by atoms with Gasteiger partial charge in [0.15, 0.2) is 6.61 Å². The molecule has 0 bridgehead atoms. The van der Waals surface area contributed by atoms with Crippen molar-refractivity contribution in [3.63, 3.8) is 0 Å². The lowest BCUT2D eigenvalue weighted by molar-refractivity contribution is -0.384. The number of ether oxygens (including phenoxy) is 1. The highest BCUT2D eigenvalue weighted by Crippen LogP contribution is 2.16. The lowest BCUT2D eigenvalue weighted by Gasteiger charge is -2.06. The Hall–Kier alpha value is -3.42. The fourth-order valence-electron chi connectivity index (χ4n) is 1.81. The van der Waals surface area contributed by atoms with E-state index in [1.54, 1.807) is 30.3 Å². The Bertz CT molecular complexity index is 761. The van der Waals surface area contributed by atoms with Crippen molar-refractivity contribution in [1.29, 1.82) is 0 Å². The number of anilines is 1. The van der Waals surface area contributed by atoms with Crippen molar-refractivity contribution in [2.75, 3.05) is 19.0 Å². The van der Waals surface area contributed by atoms with Gasteiger partial charge in [-0.3, -0.25) is 14.9 Å². The molecule has 2 aromatic rings. The van der Waals surface area contributed by atoms with Crippen LogP contribution in [0, 0.1) is 10.1 Å². The number of nitro benzene ring substituents is 1. The van der Waals surface area contributed by atoms with E-state index in [-0.39, 0.29) is 18.2 Å². The van der Waals surface area contributed by atoms with Crippen LogP contribution in [0.15, 0.2) is 53.7 Å². The molecule has 0 aliphatic heterocycles. The molecule has 0 saturated heterocycles. The van der Waals surface area contributed by atoms with Crippen LogP contribution in [0.4, 0.5) is 11.4 Å². The Morgan fingerprint density at radius 1 is 1.29 bits per heavy atom. The molecule has 0 spiro atoms. The summed E-state index contributed by atoms with van der Waals surface area (Å²) in [7, 11) is 1.53. The van der Waals surface area contributed by atoms with E-state index in [2.05, 4.69) is 10.5 Å². The molecule has 1 amide bonds. The normalized spacial score (nSPS) is 10.4. The highest BCUT2D eigenvalue weighted by atomic mass is 16.6. The molecule has 0 radical (unpaired) electrons. The summed E-state index contributed by atoms with van der Waals surface area (Å²) in [5.74, 6) is 0.233. The van der Waals surface area contributed by atoms with Crippen LogP contribution in [0.3, 0.4) is 0 Å². The number of carbonyl (C=O) groups excluding carboxylic acids is 1. The van der Waals surface area contributed by atoms with E-state index in [0.717, 1.165) is 0 Å². The third kappa shape index (κ3) is 5.09. The summed E-state index contributed by atoms with van der Waals surface area (Å²) >= 11 is 0. The second kappa shape index (κ2) is 8.28. The van der Waals surface area contributed by atoms with Gasteiger partial charge in [-0.1, -0.05) is 23.4 Å². The fourth-order valence-corrected chi connectivity index (χ4v) is 1.81. The summed E-state index contributed by atoms with van der Waals surface area (Å²) in [5.41, 5.74) is 1.03. The molecule has 24 heavy (non-hydrogen) atoms. The van der Waals surface area contributed by atoms with Crippen molar-refractivity contribution in [2.45, 2.75) is 0 Å². The van der Waals surface area contributed by atoms with Gasteiger partial charge in [-0.2, -0.15) is 0 Å². The molecule has 0 aliphatic carbocycles. The predicted octanol–water partition coefficient (Wildman–Crippen LogP) is 2.59. The quantitative estimate of drug-likeness (QED) is 0.478. The van der Waals surface area contributed by atoms with Crippen LogP contribution in [-0.2, 0) is 9.63 Å². The second-order valence-corrected chi connectivity index (χ2v) is 4.64. The number of rotatable bonds is 7. The molecule has 8 nitrogen and oxygen atoms in total. The first-order chi connectivity index (χ1) is 11.6. The van der Waals surface area contributed by atoms with Gasteiger partial charge in [0.05, 0.1) is 18.2 Å². The van der Waals surface area contributed by atoms with Crippen LogP contribution in [0.1, 0.15) is 5.56 Å². The molecule has 0 aliphatic rings. The van der Waals surface area contributed by atoms with Crippen molar-refractivity contribution in [3.8, 4) is 5.75 Å². The smallest absolute Gasteiger partial charge is 0.270 e. The number of amides is 1. The fraction of sp³-hybridized carbons (Fsp3) is 0.125. The maximum atomic E-state index is 11.7. The highest BCUT2D eigenvalue weighted by Gasteiger charge is 2.05. The summed E-state index contributed by atoms with van der Waals surface area (Å²) in [4.78, 5) is 26.8. The molecular formula is C16H15N3O5. The summed E-state index contributed by atoms with van der Waals surface area (Å²) in [6.07, 6.45) is 1.30. The van der Waals surface area contributed by atoms with Gasteiger partial charge in [0.25, 0.3) is 11.6 Å². The topological polar surface area (TPSA) is 103 Å². The number of oxime groups is 1. The first-order valence-electron chi connectivity index (χ1n) is 6.92. The summed E-state index contributed by atoms with van der Waals surface area (Å²) < 4.78 is 5.06. The molecule has 0 fully saturated rings. The van der Waals surface area contributed by atoms with Crippen LogP contribution in [-0.4, -0.2) is 30.8 Å². The lowest BCUT2D eigenvalue weighted by atomic mass is 10.2. The molecule has 0 atom stereocenters. The van der Waals surface area contributed by atoms with Crippen molar-refractivity contribution in [1.82, 2.24) is 0 Å². The molecule has 8 heteroatoms. The molecule has 0 unspecified atom stereocenters. The summed E-state index contributed by atoms with van der Waals surface area (Å²) in [5, 5.41) is 16.9. The number of hydrogen-bond donors (Lipinski definition) is 1. The average Bonchev–Trinajstić information content (AvgIpc) is 2.59. The maximum absolute atomic E-state index is 11.7. The van der Waals surface area contributed by atoms with Gasteiger partial charge in [-0.05, 0) is 12.1 Å². The van der Waals surface area contributed by atoms with Crippen molar-refractivity contribution >= 4 is 23.5 Å². The molecule has 124 valence electrons. The van der Waals surface area contributed by atoms with Gasteiger partial charge in [-0.25, -0.2) is 0 Å². The number of non-ortho nitro benzene ring substituents is 1. The van der Waals surface area contributed by atoms with Crippen LogP contribution in [0.25, 0.3) is 0 Å².